The van der Waals surface area contributed by atoms with E-state index in [1.54, 1.807) is 24.3 Å². The number of hydrogen-bond acceptors (Lipinski definition) is 4. The number of carbonyl (C=O) groups is 1. The molecule has 0 saturated heterocycles. The number of amides is 1. The molecule has 110 valence electrons. The van der Waals surface area contributed by atoms with E-state index in [9.17, 15) is 4.79 Å². The average Bonchev–Trinajstić information content (AvgIpc) is 2.44. The minimum Gasteiger partial charge on any atom is -0.482 e. The highest BCUT2D eigenvalue weighted by Gasteiger charge is 2.07. The molecule has 0 fully saturated rings. The van der Waals surface area contributed by atoms with Crippen LogP contribution in [0, 0.1) is 6.92 Å². The van der Waals surface area contributed by atoms with Crippen LogP contribution in [0.1, 0.15) is 11.4 Å². The smallest absolute Gasteiger partial charge is 0.258 e. The maximum Gasteiger partial charge on any atom is 0.258 e. The number of ether oxygens (including phenoxy) is 1. The first kappa shape index (κ1) is 15.5. The highest BCUT2D eigenvalue weighted by Crippen LogP contribution is 2.27. The number of halogens is 2. The predicted molar refractivity (Wildman–Crippen MR) is 80.6 cm³/mol. The lowest BCUT2D eigenvalue weighted by atomic mass is 10.3. The molecule has 2 aromatic rings. The summed E-state index contributed by atoms with van der Waals surface area (Å²) in [5.41, 5.74) is 1.58. The Kier molecular flexibility index (Phi) is 5.36. The van der Waals surface area contributed by atoms with Gasteiger partial charge in [0.25, 0.3) is 5.91 Å². The Hall–Kier alpha value is -1.85. The molecule has 0 saturated carbocycles. The summed E-state index contributed by atoms with van der Waals surface area (Å²) in [4.78, 5) is 19.7. The Balaban J connectivity index is 1.82. The molecule has 1 amide bonds. The molecule has 0 radical (unpaired) electrons. The number of aryl methyl sites for hydroxylation is 1. The first-order valence-electron chi connectivity index (χ1n) is 6.16. The van der Waals surface area contributed by atoms with Crippen LogP contribution in [0.3, 0.4) is 0 Å². The van der Waals surface area contributed by atoms with Gasteiger partial charge in [-0.1, -0.05) is 23.2 Å². The zero-order valence-electron chi connectivity index (χ0n) is 11.3. The van der Waals surface area contributed by atoms with E-state index in [2.05, 4.69) is 15.3 Å². The molecule has 7 heteroatoms. The fourth-order valence-corrected chi connectivity index (χ4v) is 2.05. The van der Waals surface area contributed by atoms with Crippen LogP contribution in [0.2, 0.25) is 10.0 Å². The number of rotatable bonds is 5. The van der Waals surface area contributed by atoms with E-state index >= 15 is 0 Å². The van der Waals surface area contributed by atoms with Gasteiger partial charge in [-0.15, -0.1) is 0 Å². The lowest BCUT2D eigenvalue weighted by Crippen LogP contribution is -2.28. The quantitative estimate of drug-likeness (QED) is 0.918. The lowest BCUT2D eigenvalue weighted by Gasteiger charge is -2.09. The molecule has 5 nitrogen and oxygen atoms in total. The maximum absolute atomic E-state index is 11.7. The molecular formula is C14H13Cl2N3O2. The Morgan fingerprint density at radius 2 is 2.10 bits per heavy atom. The van der Waals surface area contributed by atoms with E-state index in [-0.39, 0.29) is 12.5 Å². The van der Waals surface area contributed by atoms with Crippen molar-refractivity contribution in [1.82, 2.24) is 15.3 Å². The number of benzene rings is 1. The third-order valence-corrected chi connectivity index (χ3v) is 3.11. The normalized spacial score (nSPS) is 10.2. The van der Waals surface area contributed by atoms with E-state index in [4.69, 9.17) is 27.9 Å². The second-order valence-electron chi connectivity index (χ2n) is 4.29. The van der Waals surface area contributed by atoms with Crippen LogP contribution in [0.15, 0.2) is 30.6 Å². The summed E-state index contributed by atoms with van der Waals surface area (Å²) in [7, 11) is 0. The summed E-state index contributed by atoms with van der Waals surface area (Å²) in [5.74, 6) is 0.145. The van der Waals surface area contributed by atoms with Gasteiger partial charge in [0.1, 0.15) is 12.1 Å². The van der Waals surface area contributed by atoms with E-state index < -0.39 is 0 Å². The summed E-state index contributed by atoms with van der Waals surface area (Å²) >= 11 is 11.7. The van der Waals surface area contributed by atoms with Crippen LogP contribution >= 0.6 is 23.2 Å². The van der Waals surface area contributed by atoms with Crippen molar-refractivity contribution in [2.75, 3.05) is 6.61 Å². The number of nitrogens with one attached hydrogen (secondary N) is 1. The number of carbonyl (C=O) groups excluding carboxylic acids is 1. The third-order valence-electron chi connectivity index (χ3n) is 2.58. The molecule has 1 aromatic heterocycles. The summed E-state index contributed by atoms with van der Waals surface area (Å²) in [6, 6.07) is 6.62. The van der Waals surface area contributed by atoms with Crippen molar-refractivity contribution in [2.45, 2.75) is 13.5 Å². The van der Waals surface area contributed by atoms with Crippen molar-refractivity contribution in [3.05, 3.63) is 52.0 Å². The van der Waals surface area contributed by atoms with Gasteiger partial charge in [-0.05, 0) is 31.2 Å². The van der Waals surface area contributed by atoms with E-state index in [1.165, 1.54) is 6.33 Å². The molecule has 1 N–H and O–H groups in total. The standard InChI is InChI=1S/C14H13Cl2N3O2/c1-9-4-11(19-8-18-9)6-17-14(20)7-21-13-3-2-10(15)5-12(13)16/h2-5,8H,6-7H2,1H3,(H,17,20). The van der Waals surface area contributed by atoms with Crippen molar-refractivity contribution >= 4 is 29.1 Å². The Morgan fingerprint density at radius 3 is 2.81 bits per heavy atom. The Labute approximate surface area is 132 Å². The predicted octanol–water partition coefficient (Wildman–Crippen LogP) is 2.79. The zero-order valence-corrected chi connectivity index (χ0v) is 12.8. The van der Waals surface area contributed by atoms with Crippen molar-refractivity contribution in [2.24, 2.45) is 0 Å². The van der Waals surface area contributed by atoms with Gasteiger partial charge in [-0.25, -0.2) is 9.97 Å². The fourth-order valence-electron chi connectivity index (χ4n) is 1.58. The van der Waals surface area contributed by atoms with Crippen LogP contribution < -0.4 is 10.1 Å². The largest absolute Gasteiger partial charge is 0.482 e. The number of hydrogen-bond donors (Lipinski definition) is 1. The van der Waals surface area contributed by atoms with Crippen LogP contribution in [-0.4, -0.2) is 22.5 Å². The molecule has 0 aliphatic heterocycles. The lowest BCUT2D eigenvalue weighted by molar-refractivity contribution is -0.123. The topological polar surface area (TPSA) is 64.1 Å². The van der Waals surface area contributed by atoms with Crippen molar-refractivity contribution < 1.29 is 9.53 Å². The Bertz CT molecular complexity index is 650. The zero-order chi connectivity index (χ0) is 15.2. The molecular weight excluding hydrogens is 313 g/mol. The summed E-state index contributed by atoms with van der Waals surface area (Å²) in [6.07, 6.45) is 1.46. The van der Waals surface area contributed by atoms with Gasteiger partial charge in [0.2, 0.25) is 0 Å². The summed E-state index contributed by atoms with van der Waals surface area (Å²) < 4.78 is 5.33. The highest BCUT2D eigenvalue weighted by molar-refractivity contribution is 6.35. The highest BCUT2D eigenvalue weighted by atomic mass is 35.5. The third kappa shape index (κ3) is 4.88. The number of nitrogens with zero attached hydrogens (tertiary/aromatic N) is 2. The van der Waals surface area contributed by atoms with Crippen LogP contribution in [-0.2, 0) is 11.3 Å². The first-order chi connectivity index (χ1) is 10.0. The van der Waals surface area contributed by atoms with Gasteiger partial charge in [-0.3, -0.25) is 4.79 Å². The molecule has 1 aromatic carbocycles. The van der Waals surface area contributed by atoms with Crippen LogP contribution in [0.25, 0.3) is 0 Å². The van der Waals surface area contributed by atoms with Gasteiger partial charge in [-0.2, -0.15) is 0 Å². The van der Waals surface area contributed by atoms with E-state index in [1.807, 2.05) is 6.92 Å². The number of aromatic nitrogens is 2. The van der Waals surface area contributed by atoms with Crippen molar-refractivity contribution in [3.8, 4) is 5.75 Å². The minimum absolute atomic E-state index is 0.134. The molecule has 1 heterocycles. The van der Waals surface area contributed by atoms with Crippen molar-refractivity contribution in [3.63, 3.8) is 0 Å². The molecule has 0 spiro atoms. The van der Waals surface area contributed by atoms with Gasteiger partial charge in [0, 0.05) is 10.7 Å². The molecule has 0 atom stereocenters. The maximum atomic E-state index is 11.7. The molecule has 2 rings (SSSR count). The van der Waals surface area contributed by atoms with Crippen LogP contribution in [0.5, 0.6) is 5.75 Å². The van der Waals surface area contributed by atoms with Crippen molar-refractivity contribution in [1.29, 1.82) is 0 Å². The molecule has 0 aliphatic carbocycles. The first-order valence-corrected chi connectivity index (χ1v) is 6.92. The summed E-state index contributed by atoms with van der Waals surface area (Å²) in [5, 5.41) is 3.58. The Morgan fingerprint density at radius 1 is 1.29 bits per heavy atom. The van der Waals surface area contributed by atoms with Gasteiger partial charge in [0.15, 0.2) is 6.61 Å². The van der Waals surface area contributed by atoms with Gasteiger partial charge < -0.3 is 10.1 Å². The fraction of sp³-hybridized carbons (Fsp3) is 0.214. The van der Waals surface area contributed by atoms with Gasteiger partial charge in [0.05, 0.1) is 17.3 Å². The van der Waals surface area contributed by atoms with Crippen LogP contribution in [0.4, 0.5) is 0 Å². The molecule has 0 bridgehead atoms. The minimum atomic E-state index is -0.266. The molecule has 21 heavy (non-hydrogen) atoms. The van der Waals surface area contributed by atoms with E-state index in [0.717, 1.165) is 11.4 Å². The molecule has 0 aliphatic rings. The molecule has 0 unspecified atom stereocenters. The second kappa shape index (κ2) is 7.24. The summed E-state index contributed by atoms with van der Waals surface area (Å²) in [6.45, 7) is 2.05. The monoisotopic (exact) mass is 325 g/mol. The second-order valence-corrected chi connectivity index (χ2v) is 5.13. The van der Waals surface area contributed by atoms with Gasteiger partial charge >= 0.3 is 0 Å². The SMILES string of the molecule is Cc1cc(CNC(=O)COc2ccc(Cl)cc2Cl)ncn1. The average molecular weight is 326 g/mol. The van der Waals surface area contributed by atoms with E-state index in [0.29, 0.717) is 22.3 Å².